The fourth-order valence-corrected chi connectivity index (χ4v) is 1.49. The summed E-state index contributed by atoms with van der Waals surface area (Å²) < 4.78 is 5.40. The minimum absolute atomic E-state index is 0.299. The lowest BCUT2D eigenvalue weighted by Gasteiger charge is -2.08. The molecule has 0 aliphatic rings. The second kappa shape index (κ2) is 5.09. The SMILES string of the molecule is CSc1ccccc1OCC(N)=S. The van der Waals surface area contributed by atoms with Crippen LogP contribution in [-0.2, 0) is 0 Å². The molecule has 0 heterocycles. The molecule has 1 aromatic rings. The van der Waals surface area contributed by atoms with Crippen molar-refractivity contribution in [1.29, 1.82) is 0 Å². The first kappa shape index (κ1) is 10.3. The van der Waals surface area contributed by atoms with Crippen LogP contribution in [0.1, 0.15) is 0 Å². The Morgan fingerprint density at radius 1 is 1.54 bits per heavy atom. The molecule has 13 heavy (non-hydrogen) atoms. The van der Waals surface area contributed by atoms with E-state index in [1.807, 2.05) is 30.5 Å². The summed E-state index contributed by atoms with van der Waals surface area (Å²) in [7, 11) is 0. The number of thioether (sulfide) groups is 1. The minimum atomic E-state index is 0.299. The average Bonchev–Trinajstić information content (AvgIpc) is 2.15. The van der Waals surface area contributed by atoms with Crippen molar-refractivity contribution in [3.8, 4) is 5.75 Å². The summed E-state index contributed by atoms with van der Waals surface area (Å²) in [5.74, 6) is 0.836. The molecule has 0 atom stereocenters. The fraction of sp³-hybridized carbons (Fsp3) is 0.222. The van der Waals surface area contributed by atoms with Crippen LogP contribution in [0, 0.1) is 0 Å². The van der Waals surface area contributed by atoms with Gasteiger partial charge in [-0.3, -0.25) is 0 Å². The smallest absolute Gasteiger partial charge is 0.138 e. The van der Waals surface area contributed by atoms with Crippen LogP contribution in [0.25, 0.3) is 0 Å². The molecule has 1 rings (SSSR count). The highest BCUT2D eigenvalue weighted by Crippen LogP contribution is 2.26. The molecule has 2 nitrogen and oxygen atoms in total. The van der Waals surface area contributed by atoms with Gasteiger partial charge in [0.25, 0.3) is 0 Å². The van der Waals surface area contributed by atoms with Crippen LogP contribution in [0.2, 0.25) is 0 Å². The Bertz CT molecular complexity index is 301. The molecule has 0 saturated carbocycles. The van der Waals surface area contributed by atoms with Gasteiger partial charge in [0.15, 0.2) is 0 Å². The van der Waals surface area contributed by atoms with Crippen molar-refractivity contribution in [3.63, 3.8) is 0 Å². The van der Waals surface area contributed by atoms with E-state index in [-0.39, 0.29) is 0 Å². The molecule has 0 spiro atoms. The predicted octanol–water partition coefficient (Wildman–Crippen LogP) is 2.07. The van der Waals surface area contributed by atoms with Crippen molar-refractivity contribution < 1.29 is 4.74 Å². The van der Waals surface area contributed by atoms with Crippen LogP contribution < -0.4 is 10.5 Å². The first-order valence-electron chi connectivity index (χ1n) is 3.78. The van der Waals surface area contributed by atoms with Crippen molar-refractivity contribution in [2.24, 2.45) is 5.73 Å². The zero-order chi connectivity index (χ0) is 9.68. The molecule has 0 unspecified atom stereocenters. The number of ether oxygens (including phenoxy) is 1. The van der Waals surface area contributed by atoms with Crippen LogP contribution in [0.5, 0.6) is 5.75 Å². The highest BCUT2D eigenvalue weighted by Gasteiger charge is 2.00. The van der Waals surface area contributed by atoms with Gasteiger partial charge in [0.1, 0.15) is 17.3 Å². The molecule has 4 heteroatoms. The van der Waals surface area contributed by atoms with Gasteiger partial charge in [-0.2, -0.15) is 0 Å². The molecular weight excluding hydrogens is 202 g/mol. The molecule has 0 radical (unpaired) electrons. The molecule has 0 saturated heterocycles. The predicted molar refractivity (Wildman–Crippen MR) is 60.5 cm³/mol. The molecule has 0 bridgehead atoms. The summed E-state index contributed by atoms with van der Waals surface area (Å²) in [4.78, 5) is 1.47. The maximum absolute atomic E-state index is 5.40. The average molecular weight is 213 g/mol. The highest BCUT2D eigenvalue weighted by atomic mass is 32.2. The molecule has 1 aromatic carbocycles. The Morgan fingerprint density at radius 3 is 2.85 bits per heavy atom. The number of thiocarbonyl (C=S) groups is 1. The summed E-state index contributed by atoms with van der Waals surface area (Å²) in [5, 5.41) is 0. The summed E-state index contributed by atoms with van der Waals surface area (Å²) >= 11 is 6.36. The molecule has 0 fully saturated rings. The van der Waals surface area contributed by atoms with E-state index >= 15 is 0 Å². The fourth-order valence-electron chi connectivity index (χ4n) is 0.887. The summed E-state index contributed by atoms with van der Waals surface area (Å²) in [6.45, 7) is 0.299. The number of para-hydroxylation sites is 1. The van der Waals surface area contributed by atoms with Crippen molar-refractivity contribution in [3.05, 3.63) is 24.3 Å². The quantitative estimate of drug-likeness (QED) is 0.613. The molecule has 0 aromatic heterocycles. The van der Waals surface area contributed by atoms with Gasteiger partial charge in [0, 0.05) is 4.90 Å². The maximum atomic E-state index is 5.40. The van der Waals surface area contributed by atoms with Gasteiger partial charge in [0.05, 0.1) is 0 Å². The second-order valence-electron chi connectivity index (χ2n) is 2.41. The lowest BCUT2D eigenvalue weighted by Crippen LogP contribution is -2.17. The van der Waals surface area contributed by atoms with Gasteiger partial charge in [0.2, 0.25) is 0 Å². The topological polar surface area (TPSA) is 35.2 Å². The summed E-state index contributed by atoms with van der Waals surface area (Å²) in [6.07, 6.45) is 2.00. The van der Waals surface area contributed by atoms with Crippen LogP contribution >= 0.6 is 24.0 Å². The Morgan fingerprint density at radius 2 is 2.23 bits per heavy atom. The molecule has 0 aliphatic heterocycles. The monoisotopic (exact) mass is 213 g/mol. The third-order valence-electron chi connectivity index (χ3n) is 1.44. The van der Waals surface area contributed by atoms with E-state index < -0.39 is 0 Å². The Balaban J connectivity index is 2.69. The van der Waals surface area contributed by atoms with E-state index in [1.54, 1.807) is 11.8 Å². The number of benzene rings is 1. The first-order valence-corrected chi connectivity index (χ1v) is 5.41. The van der Waals surface area contributed by atoms with Gasteiger partial charge in [-0.25, -0.2) is 0 Å². The van der Waals surface area contributed by atoms with Gasteiger partial charge < -0.3 is 10.5 Å². The lowest BCUT2D eigenvalue weighted by atomic mass is 10.3. The van der Waals surface area contributed by atoms with Crippen LogP contribution in [0.3, 0.4) is 0 Å². The van der Waals surface area contributed by atoms with Gasteiger partial charge >= 0.3 is 0 Å². The minimum Gasteiger partial charge on any atom is -0.485 e. The Labute approximate surface area is 87.5 Å². The third kappa shape index (κ3) is 3.24. The van der Waals surface area contributed by atoms with Gasteiger partial charge in [-0.15, -0.1) is 11.8 Å². The maximum Gasteiger partial charge on any atom is 0.138 e. The Kier molecular flexibility index (Phi) is 4.05. The summed E-state index contributed by atoms with van der Waals surface area (Å²) in [6, 6.07) is 7.80. The van der Waals surface area contributed by atoms with Crippen molar-refractivity contribution in [2.45, 2.75) is 4.90 Å². The van der Waals surface area contributed by atoms with E-state index in [2.05, 4.69) is 0 Å². The van der Waals surface area contributed by atoms with Crippen molar-refractivity contribution >= 4 is 29.0 Å². The van der Waals surface area contributed by atoms with E-state index in [0.29, 0.717) is 11.6 Å². The third-order valence-corrected chi connectivity index (χ3v) is 2.33. The largest absolute Gasteiger partial charge is 0.485 e. The molecule has 2 N–H and O–H groups in total. The number of hydrogen-bond acceptors (Lipinski definition) is 3. The highest BCUT2D eigenvalue weighted by molar-refractivity contribution is 7.98. The van der Waals surface area contributed by atoms with Gasteiger partial charge in [-0.05, 0) is 18.4 Å². The van der Waals surface area contributed by atoms with E-state index in [1.165, 1.54) is 0 Å². The van der Waals surface area contributed by atoms with E-state index in [4.69, 9.17) is 22.7 Å². The zero-order valence-electron chi connectivity index (χ0n) is 7.32. The number of nitrogens with two attached hydrogens (primary N) is 1. The van der Waals surface area contributed by atoms with Gasteiger partial charge in [-0.1, -0.05) is 24.4 Å². The normalized spacial score (nSPS) is 9.62. The second-order valence-corrected chi connectivity index (χ2v) is 3.78. The van der Waals surface area contributed by atoms with Crippen molar-refractivity contribution in [2.75, 3.05) is 12.9 Å². The number of rotatable bonds is 4. The number of hydrogen-bond donors (Lipinski definition) is 1. The first-order chi connectivity index (χ1) is 6.24. The zero-order valence-corrected chi connectivity index (χ0v) is 8.95. The molecule has 0 amide bonds. The molecule has 70 valence electrons. The lowest BCUT2D eigenvalue weighted by molar-refractivity contribution is 0.369. The Hall–Kier alpha value is -0.740. The molecular formula is C9H11NOS2. The summed E-state index contributed by atoms with van der Waals surface area (Å²) in [5.41, 5.74) is 5.33. The standard InChI is InChI=1S/C9H11NOS2/c1-13-8-5-3-2-4-7(8)11-6-9(10)12/h2-5H,6H2,1H3,(H2,10,12). The van der Waals surface area contributed by atoms with E-state index in [9.17, 15) is 0 Å². The van der Waals surface area contributed by atoms with Crippen molar-refractivity contribution in [1.82, 2.24) is 0 Å². The molecule has 0 aliphatic carbocycles. The van der Waals surface area contributed by atoms with Crippen LogP contribution in [0.4, 0.5) is 0 Å². The van der Waals surface area contributed by atoms with Crippen LogP contribution in [0.15, 0.2) is 29.2 Å². The van der Waals surface area contributed by atoms with Crippen LogP contribution in [-0.4, -0.2) is 17.9 Å². The van der Waals surface area contributed by atoms with E-state index in [0.717, 1.165) is 10.6 Å².